The van der Waals surface area contributed by atoms with E-state index in [9.17, 15) is 14.0 Å². The van der Waals surface area contributed by atoms with Gasteiger partial charge in [0.1, 0.15) is 11.9 Å². The molecule has 3 heterocycles. The second-order valence-electron chi connectivity index (χ2n) is 7.02. The van der Waals surface area contributed by atoms with Gasteiger partial charge in [0.05, 0.1) is 6.04 Å². The molecule has 2 amide bonds. The highest BCUT2D eigenvalue weighted by molar-refractivity contribution is 5.91. The van der Waals surface area contributed by atoms with Crippen LogP contribution in [-0.2, 0) is 9.59 Å². The number of nitrogens with one attached hydrogen (secondary N) is 1. The summed E-state index contributed by atoms with van der Waals surface area (Å²) in [6, 6.07) is 5.08. The summed E-state index contributed by atoms with van der Waals surface area (Å²) >= 11 is 0. The summed E-state index contributed by atoms with van der Waals surface area (Å²) in [6.07, 6.45) is 4.55. The van der Waals surface area contributed by atoms with Gasteiger partial charge >= 0.3 is 0 Å². The van der Waals surface area contributed by atoms with Gasteiger partial charge in [0.25, 0.3) is 5.89 Å². The van der Waals surface area contributed by atoms with E-state index < -0.39 is 6.04 Å². The average Bonchev–Trinajstić information content (AvgIpc) is 3.25. The molecule has 27 heavy (non-hydrogen) atoms. The predicted octanol–water partition coefficient (Wildman–Crippen LogP) is 2.60. The Kier molecular flexibility index (Phi) is 4.87. The molecule has 2 atom stereocenters. The van der Waals surface area contributed by atoms with Crippen LogP contribution in [0.15, 0.2) is 28.8 Å². The van der Waals surface area contributed by atoms with Gasteiger partial charge in [-0.05, 0) is 43.5 Å². The van der Waals surface area contributed by atoms with E-state index in [0.717, 1.165) is 25.7 Å². The minimum absolute atomic E-state index is 0.0825. The van der Waals surface area contributed by atoms with Crippen LogP contribution in [0, 0.1) is 5.82 Å². The monoisotopic (exact) mass is 372 g/mol. The first-order chi connectivity index (χ1) is 13.1. The van der Waals surface area contributed by atoms with E-state index >= 15 is 0 Å². The highest BCUT2D eigenvalue weighted by atomic mass is 19.1. The number of amides is 2. The molecule has 7 nitrogen and oxygen atoms in total. The molecule has 0 saturated carbocycles. The Morgan fingerprint density at radius 3 is 2.74 bits per heavy atom. The lowest BCUT2D eigenvalue weighted by atomic mass is 10.1. The normalized spacial score (nSPS) is 23.1. The summed E-state index contributed by atoms with van der Waals surface area (Å²) in [5, 5.41) is 6.84. The van der Waals surface area contributed by atoms with Crippen molar-refractivity contribution in [2.45, 2.75) is 50.6 Å². The molecule has 1 aromatic heterocycles. The fraction of sp³-hybridized carbons (Fsp3) is 0.474. The molecule has 4 rings (SSSR count). The Morgan fingerprint density at radius 1 is 1.19 bits per heavy atom. The van der Waals surface area contributed by atoms with E-state index in [1.807, 2.05) is 0 Å². The van der Waals surface area contributed by atoms with Crippen LogP contribution >= 0.6 is 0 Å². The Hall–Kier alpha value is -2.77. The lowest BCUT2D eigenvalue weighted by molar-refractivity contribution is -0.136. The molecule has 0 bridgehead atoms. The largest absolute Gasteiger partial charge is 0.344 e. The van der Waals surface area contributed by atoms with Crippen molar-refractivity contribution in [3.8, 4) is 11.5 Å². The topological polar surface area (TPSA) is 88.3 Å². The summed E-state index contributed by atoms with van der Waals surface area (Å²) in [5.74, 6) is 0.251. The number of likely N-dealkylation sites (tertiary alicyclic amines) is 1. The second-order valence-corrected chi connectivity index (χ2v) is 7.02. The third-order valence-electron chi connectivity index (χ3n) is 5.16. The van der Waals surface area contributed by atoms with Crippen LogP contribution in [0.1, 0.15) is 50.4 Å². The standard InChI is InChI=1S/C19H21FN4O3/c20-13-7-5-12(6-8-13)18-22-17(23-27-18)15-4-2-1-3-11-24(15)19(26)14-9-10-16(25)21-14/h5-8,14-15H,1-4,9-11H2,(H,21,25). The number of nitrogens with zero attached hydrogens (tertiary/aromatic N) is 3. The summed E-state index contributed by atoms with van der Waals surface area (Å²) in [4.78, 5) is 30.7. The fourth-order valence-corrected chi connectivity index (χ4v) is 3.72. The van der Waals surface area contributed by atoms with Gasteiger partial charge in [0, 0.05) is 18.5 Å². The van der Waals surface area contributed by atoms with E-state index in [-0.39, 0.29) is 23.7 Å². The van der Waals surface area contributed by atoms with Gasteiger partial charge < -0.3 is 14.7 Å². The molecular formula is C19H21FN4O3. The Morgan fingerprint density at radius 2 is 2.00 bits per heavy atom. The van der Waals surface area contributed by atoms with Crippen molar-refractivity contribution >= 4 is 11.8 Å². The first-order valence-electron chi connectivity index (χ1n) is 9.31. The molecule has 0 aliphatic carbocycles. The van der Waals surface area contributed by atoms with Crippen molar-refractivity contribution in [3.05, 3.63) is 35.9 Å². The zero-order chi connectivity index (χ0) is 18.8. The predicted molar refractivity (Wildman–Crippen MR) is 93.8 cm³/mol. The maximum absolute atomic E-state index is 13.1. The van der Waals surface area contributed by atoms with E-state index in [0.29, 0.717) is 36.7 Å². The van der Waals surface area contributed by atoms with Gasteiger partial charge in [-0.2, -0.15) is 4.98 Å². The zero-order valence-corrected chi connectivity index (χ0v) is 14.9. The summed E-state index contributed by atoms with van der Waals surface area (Å²) in [6.45, 7) is 0.607. The van der Waals surface area contributed by atoms with Crippen LogP contribution in [0.5, 0.6) is 0 Å². The molecule has 1 aromatic carbocycles. The van der Waals surface area contributed by atoms with Crippen LogP contribution in [0.4, 0.5) is 4.39 Å². The lowest BCUT2D eigenvalue weighted by Gasteiger charge is -2.30. The number of carbonyl (C=O) groups excluding carboxylic acids is 2. The third-order valence-corrected chi connectivity index (χ3v) is 5.16. The number of hydrogen-bond acceptors (Lipinski definition) is 5. The van der Waals surface area contributed by atoms with Crippen molar-refractivity contribution in [1.29, 1.82) is 0 Å². The molecule has 2 aliphatic heterocycles. The molecule has 8 heteroatoms. The van der Waals surface area contributed by atoms with Crippen molar-refractivity contribution in [2.75, 3.05) is 6.54 Å². The van der Waals surface area contributed by atoms with Gasteiger partial charge in [-0.3, -0.25) is 9.59 Å². The van der Waals surface area contributed by atoms with Crippen molar-refractivity contribution in [3.63, 3.8) is 0 Å². The molecule has 0 spiro atoms. The number of hydrogen-bond donors (Lipinski definition) is 1. The van der Waals surface area contributed by atoms with E-state index in [2.05, 4.69) is 15.5 Å². The van der Waals surface area contributed by atoms with Crippen LogP contribution in [0.25, 0.3) is 11.5 Å². The molecule has 2 aromatic rings. The third kappa shape index (κ3) is 3.70. The Balaban J connectivity index is 1.58. The van der Waals surface area contributed by atoms with Crippen LogP contribution in [0.3, 0.4) is 0 Å². The number of benzene rings is 1. The smallest absolute Gasteiger partial charge is 0.258 e. The zero-order valence-electron chi connectivity index (χ0n) is 14.9. The number of carbonyl (C=O) groups is 2. The molecule has 1 N–H and O–H groups in total. The van der Waals surface area contributed by atoms with Crippen LogP contribution in [0.2, 0.25) is 0 Å². The summed E-state index contributed by atoms with van der Waals surface area (Å²) in [7, 11) is 0. The van der Waals surface area contributed by atoms with Gasteiger partial charge in [-0.15, -0.1) is 0 Å². The second kappa shape index (κ2) is 7.46. The van der Waals surface area contributed by atoms with E-state index in [1.165, 1.54) is 12.1 Å². The van der Waals surface area contributed by atoms with Gasteiger partial charge in [0.15, 0.2) is 5.82 Å². The van der Waals surface area contributed by atoms with Crippen molar-refractivity contribution in [2.24, 2.45) is 0 Å². The summed E-state index contributed by atoms with van der Waals surface area (Å²) in [5.41, 5.74) is 0.629. The van der Waals surface area contributed by atoms with Crippen LogP contribution in [-0.4, -0.2) is 39.4 Å². The van der Waals surface area contributed by atoms with Crippen LogP contribution < -0.4 is 5.32 Å². The first-order valence-corrected chi connectivity index (χ1v) is 9.31. The highest BCUT2D eigenvalue weighted by Crippen LogP contribution is 2.31. The summed E-state index contributed by atoms with van der Waals surface area (Å²) < 4.78 is 18.5. The minimum Gasteiger partial charge on any atom is -0.344 e. The quantitative estimate of drug-likeness (QED) is 0.895. The molecule has 2 fully saturated rings. The minimum atomic E-state index is -0.471. The number of rotatable bonds is 3. The maximum atomic E-state index is 13.1. The maximum Gasteiger partial charge on any atom is 0.258 e. The SMILES string of the molecule is O=C1CCC(C(=O)N2CCCCCC2c2noc(-c3ccc(F)cc3)n2)N1. The van der Waals surface area contributed by atoms with Gasteiger partial charge in [-0.1, -0.05) is 18.0 Å². The molecule has 0 radical (unpaired) electrons. The Labute approximate surface area is 155 Å². The molecule has 2 aliphatic rings. The van der Waals surface area contributed by atoms with Crippen molar-refractivity contribution in [1.82, 2.24) is 20.4 Å². The van der Waals surface area contributed by atoms with E-state index in [1.54, 1.807) is 17.0 Å². The average molecular weight is 372 g/mol. The number of aromatic nitrogens is 2. The van der Waals surface area contributed by atoms with E-state index in [4.69, 9.17) is 4.52 Å². The Bertz CT molecular complexity index is 836. The molecule has 2 saturated heterocycles. The molecular weight excluding hydrogens is 351 g/mol. The van der Waals surface area contributed by atoms with Crippen molar-refractivity contribution < 1.29 is 18.5 Å². The lowest BCUT2D eigenvalue weighted by Crippen LogP contribution is -2.46. The first kappa shape index (κ1) is 17.6. The fourth-order valence-electron chi connectivity index (χ4n) is 3.72. The molecule has 2 unspecified atom stereocenters. The highest BCUT2D eigenvalue weighted by Gasteiger charge is 2.36. The number of halogens is 1. The van der Waals surface area contributed by atoms with Gasteiger partial charge in [-0.25, -0.2) is 4.39 Å². The van der Waals surface area contributed by atoms with Gasteiger partial charge in [0.2, 0.25) is 11.8 Å². The molecule has 142 valence electrons.